The van der Waals surface area contributed by atoms with E-state index in [0.29, 0.717) is 11.9 Å². The van der Waals surface area contributed by atoms with E-state index in [1.54, 1.807) is 5.56 Å². The largest absolute Gasteiger partial charge is 0.462 e. The predicted octanol–water partition coefficient (Wildman–Crippen LogP) is 7.82. The van der Waals surface area contributed by atoms with Crippen LogP contribution >= 0.6 is 0 Å². The summed E-state index contributed by atoms with van der Waals surface area (Å²) in [6.45, 7) is 18.4. The van der Waals surface area contributed by atoms with Crippen molar-refractivity contribution in [3.8, 4) is 0 Å². The van der Waals surface area contributed by atoms with E-state index < -0.39 is 0 Å². The van der Waals surface area contributed by atoms with Crippen molar-refractivity contribution in [2.45, 2.75) is 125 Å². The Hall–Kier alpha value is -1.31. The fourth-order valence-electron chi connectivity index (χ4n) is 4.23. The van der Waals surface area contributed by atoms with Crippen LogP contribution < -0.4 is 0 Å². The number of unbranched alkanes of at least 4 members (excludes halogenated alkanes) is 4. The first kappa shape index (κ1) is 25.7. The first-order chi connectivity index (χ1) is 13.5. The number of rotatable bonds is 13. The molecular weight excluding hydrogens is 356 g/mol. The van der Waals surface area contributed by atoms with Gasteiger partial charge in [0.05, 0.1) is 0 Å². The lowest BCUT2D eigenvalue weighted by molar-refractivity contribution is -0.140. The molecule has 0 atom stereocenters. The molecule has 0 spiro atoms. The molecule has 29 heavy (non-hydrogen) atoms. The smallest absolute Gasteiger partial charge is 0.293 e. The number of hydrogen-bond donors (Lipinski definition) is 0. The van der Waals surface area contributed by atoms with Crippen molar-refractivity contribution in [2.24, 2.45) is 5.41 Å². The van der Waals surface area contributed by atoms with E-state index in [4.69, 9.17) is 4.74 Å². The lowest BCUT2D eigenvalue weighted by atomic mass is 9.87. The van der Waals surface area contributed by atoms with Crippen LogP contribution in [0.4, 0.5) is 0 Å². The third-order valence-corrected chi connectivity index (χ3v) is 6.31. The van der Waals surface area contributed by atoms with E-state index in [9.17, 15) is 4.79 Å². The molecule has 1 aromatic rings. The van der Waals surface area contributed by atoms with E-state index in [0.717, 1.165) is 25.7 Å². The summed E-state index contributed by atoms with van der Waals surface area (Å²) < 4.78 is 5.16. The van der Waals surface area contributed by atoms with Crippen LogP contribution in [0.15, 0.2) is 6.07 Å². The average Bonchev–Trinajstić information content (AvgIpc) is 2.60. The second-order valence-corrected chi connectivity index (χ2v) is 10.7. The minimum Gasteiger partial charge on any atom is -0.462 e. The third kappa shape index (κ3) is 9.83. The van der Waals surface area contributed by atoms with E-state index in [1.165, 1.54) is 60.8 Å². The van der Waals surface area contributed by atoms with Gasteiger partial charge in [-0.1, -0.05) is 46.1 Å². The Balaban J connectivity index is 2.52. The summed E-state index contributed by atoms with van der Waals surface area (Å²) in [4.78, 5) is 10.6. The van der Waals surface area contributed by atoms with Gasteiger partial charge in [-0.2, -0.15) is 0 Å². The molecule has 0 saturated heterocycles. The van der Waals surface area contributed by atoms with Crippen LogP contribution in [0.25, 0.3) is 0 Å². The van der Waals surface area contributed by atoms with E-state index in [-0.39, 0.29) is 5.60 Å². The van der Waals surface area contributed by atoms with Crippen molar-refractivity contribution in [1.29, 1.82) is 0 Å². The lowest BCUT2D eigenvalue weighted by Crippen LogP contribution is -2.23. The Labute approximate surface area is 180 Å². The van der Waals surface area contributed by atoms with Crippen LogP contribution in [-0.2, 0) is 22.4 Å². The van der Waals surface area contributed by atoms with Crippen molar-refractivity contribution in [3.05, 3.63) is 33.9 Å². The first-order valence-corrected chi connectivity index (χ1v) is 11.7. The molecule has 0 aliphatic carbocycles. The highest BCUT2D eigenvalue weighted by molar-refractivity contribution is 5.44. The van der Waals surface area contributed by atoms with Gasteiger partial charge in [0.25, 0.3) is 6.47 Å². The minimum atomic E-state index is -0.348. The highest BCUT2D eigenvalue weighted by atomic mass is 16.5. The maximum absolute atomic E-state index is 10.6. The molecule has 166 valence electrons. The summed E-state index contributed by atoms with van der Waals surface area (Å²) in [5.74, 6) is 0. The van der Waals surface area contributed by atoms with Gasteiger partial charge in [-0.3, -0.25) is 4.79 Å². The van der Waals surface area contributed by atoms with Crippen molar-refractivity contribution < 1.29 is 9.53 Å². The van der Waals surface area contributed by atoms with E-state index in [2.05, 4.69) is 47.6 Å². The summed E-state index contributed by atoms with van der Waals surface area (Å²) in [5.41, 5.74) is 7.62. The lowest BCUT2D eigenvalue weighted by Gasteiger charge is -2.22. The molecule has 0 unspecified atom stereocenters. The molecule has 0 fully saturated rings. The van der Waals surface area contributed by atoms with Gasteiger partial charge in [-0.15, -0.1) is 0 Å². The molecule has 1 aromatic carbocycles. The van der Waals surface area contributed by atoms with Crippen molar-refractivity contribution >= 4 is 6.47 Å². The Morgan fingerprint density at radius 3 is 2.00 bits per heavy atom. The molecule has 0 N–H and O–H groups in total. The Morgan fingerprint density at radius 2 is 1.38 bits per heavy atom. The van der Waals surface area contributed by atoms with Gasteiger partial charge >= 0.3 is 0 Å². The van der Waals surface area contributed by atoms with Crippen LogP contribution in [-0.4, -0.2) is 12.1 Å². The molecule has 0 amide bonds. The normalized spacial score (nSPS) is 12.3. The molecule has 0 aliphatic rings. The van der Waals surface area contributed by atoms with Crippen LogP contribution in [0.5, 0.6) is 0 Å². The fourth-order valence-corrected chi connectivity index (χ4v) is 4.23. The molecular formula is C27H46O2. The second-order valence-electron chi connectivity index (χ2n) is 10.7. The third-order valence-electron chi connectivity index (χ3n) is 6.31. The minimum absolute atomic E-state index is 0.348. The van der Waals surface area contributed by atoms with E-state index >= 15 is 0 Å². The van der Waals surface area contributed by atoms with Crippen molar-refractivity contribution in [2.75, 3.05) is 0 Å². The van der Waals surface area contributed by atoms with Gasteiger partial charge in [0.2, 0.25) is 0 Å². The number of hydrogen-bond acceptors (Lipinski definition) is 2. The van der Waals surface area contributed by atoms with Crippen LogP contribution in [0, 0.1) is 26.2 Å². The number of carbonyl (C=O) groups excluding carboxylic acids is 1. The quantitative estimate of drug-likeness (QED) is 0.248. The van der Waals surface area contributed by atoms with Crippen LogP contribution in [0.2, 0.25) is 0 Å². The van der Waals surface area contributed by atoms with Gasteiger partial charge in [0.15, 0.2) is 0 Å². The summed E-state index contributed by atoms with van der Waals surface area (Å²) in [7, 11) is 0. The molecule has 0 bridgehead atoms. The Morgan fingerprint density at radius 1 is 0.793 bits per heavy atom. The second kappa shape index (κ2) is 11.8. The number of ether oxygens (including phenoxy) is 1. The van der Waals surface area contributed by atoms with Gasteiger partial charge in [-0.05, 0) is 113 Å². The number of benzene rings is 1. The van der Waals surface area contributed by atoms with Crippen LogP contribution in [0.3, 0.4) is 0 Å². The molecule has 0 aliphatic heterocycles. The number of carbonyl (C=O) groups is 1. The van der Waals surface area contributed by atoms with E-state index in [1.807, 2.05) is 13.8 Å². The van der Waals surface area contributed by atoms with Gasteiger partial charge < -0.3 is 4.74 Å². The molecule has 0 saturated carbocycles. The first-order valence-electron chi connectivity index (χ1n) is 11.7. The Bertz CT molecular complexity index is 635. The highest BCUT2D eigenvalue weighted by Gasteiger charge is 2.18. The maximum Gasteiger partial charge on any atom is 0.293 e. The molecule has 0 heterocycles. The molecule has 0 radical (unpaired) electrons. The standard InChI is InChI=1S/C27H46O2/c1-21-19-24(15-12-14-18-27(7,8)29-20-28)22(2)23(3)25(21)16-11-9-10-13-17-26(4,5)6/h19-20H,9-18H2,1-8H3. The predicted molar refractivity (Wildman–Crippen MR) is 126 cm³/mol. The van der Waals surface area contributed by atoms with Crippen molar-refractivity contribution in [3.63, 3.8) is 0 Å². The molecule has 1 rings (SSSR count). The SMILES string of the molecule is Cc1cc(CCCCC(C)(C)OC=O)c(C)c(C)c1CCCCCCC(C)(C)C. The van der Waals surface area contributed by atoms with Crippen molar-refractivity contribution in [1.82, 2.24) is 0 Å². The summed E-state index contributed by atoms with van der Waals surface area (Å²) in [6.07, 6.45) is 12.1. The summed E-state index contributed by atoms with van der Waals surface area (Å²) in [5, 5.41) is 0. The average molecular weight is 403 g/mol. The number of aryl methyl sites for hydroxylation is 2. The Kier molecular flexibility index (Phi) is 10.4. The zero-order valence-electron chi connectivity index (χ0n) is 20.5. The molecule has 2 nitrogen and oxygen atoms in total. The highest BCUT2D eigenvalue weighted by Crippen LogP contribution is 2.27. The van der Waals surface area contributed by atoms with Gasteiger partial charge in [-0.25, -0.2) is 0 Å². The zero-order valence-corrected chi connectivity index (χ0v) is 20.5. The summed E-state index contributed by atoms with van der Waals surface area (Å²) in [6, 6.07) is 2.42. The molecule has 0 aromatic heterocycles. The monoisotopic (exact) mass is 402 g/mol. The zero-order chi connectivity index (χ0) is 22.1. The fraction of sp³-hybridized carbons (Fsp3) is 0.741. The molecule has 2 heteroatoms. The van der Waals surface area contributed by atoms with Crippen LogP contribution in [0.1, 0.15) is 114 Å². The van der Waals surface area contributed by atoms with Gasteiger partial charge in [0, 0.05) is 0 Å². The van der Waals surface area contributed by atoms with Gasteiger partial charge in [0.1, 0.15) is 5.60 Å². The summed E-state index contributed by atoms with van der Waals surface area (Å²) >= 11 is 0. The topological polar surface area (TPSA) is 26.3 Å². The maximum atomic E-state index is 10.6.